The number of benzene rings is 4. The summed E-state index contributed by atoms with van der Waals surface area (Å²) in [5.41, 5.74) is 0.352. The van der Waals surface area contributed by atoms with Gasteiger partial charge in [-0.1, -0.05) is 48.8 Å². The minimum absolute atomic E-state index is 0. The van der Waals surface area contributed by atoms with Gasteiger partial charge in [-0.25, -0.2) is 45.4 Å². The maximum atomic E-state index is 14.6. The fraction of sp³-hybridized carbons (Fsp3) is 0.240. The van der Waals surface area contributed by atoms with E-state index in [0.29, 0.717) is 17.7 Å². The molecule has 15 nitrogen and oxygen atoms in total. The summed E-state index contributed by atoms with van der Waals surface area (Å²) in [6.07, 6.45) is -6.23. The lowest BCUT2D eigenvalue weighted by Gasteiger charge is -2.15. The number of nitrogens with one attached hydrogen (secondary N) is 3. The number of aliphatic imine (C=N–C) groups is 1. The average Bonchev–Trinajstić information content (AvgIpc) is 3.29. The molecule has 5 N–H and O–H groups in total. The van der Waals surface area contributed by atoms with Gasteiger partial charge < -0.3 is 11.1 Å². The Hall–Kier alpha value is -7.31. The highest BCUT2D eigenvalue weighted by molar-refractivity contribution is 7.93. The molecule has 0 aliphatic carbocycles. The van der Waals surface area contributed by atoms with E-state index in [1.54, 1.807) is 13.8 Å². The van der Waals surface area contributed by atoms with Gasteiger partial charge in [0.15, 0.2) is 0 Å². The second-order valence-electron chi connectivity index (χ2n) is 16.7. The second-order valence-corrected chi connectivity index (χ2v) is 20.9. The molecule has 27 heteroatoms. The third kappa shape index (κ3) is 17.6. The molecule has 2 heterocycles. The van der Waals surface area contributed by atoms with Crippen LogP contribution in [0.25, 0.3) is 0 Å². The number of alkyl halides is 6. The Bertz CT molecular complexity index is 3470. The number of amides is 1. The van der Waals surface area contributed by atoms with E-state index in [0.717, 1.165) is 73.1 Å². The summed E-state index contributed by atoms with van der Waals surface area (Å²) in [6.45, 7) is 9.53. The molecular formula is C50H47Cl2F8N7O8S2. The lowest BCUT2D eigenvalue weighted by Crippen LogP contribution is -2.31. The largest absolute Gasteiger partial charge is 0.416 e. The Labute approximate surface area is 447 Å². The molecule has 0 saturated heterocycles. The number of aryl methyl sites for hydroxylation is 2. The van der Waals surface area contributed by atoms with Crippen molar-refractivity contribution in [2.45, 2.75) is 89.6 Å². The second kappa shape index (κ2) is 26.2. The molecule has 1 amide bonds. The summed E-state index contributed by atoms with van der Waals surface area (Å²) in [5, 5.41) is 2.49. The number of ketones is 2. The molecule has 6 rings (SSSR count). The van der Waals surface area contributed by atoms with Crippen LogP contribution in [-0.2, 0) is 48.4 Å². The Balaban J connectivity index is 0.000000366. The quantitative estimate of drug-likeness (QED) is 0.0263. The Morgan fingerprint density at radius 1 is 0.662 bits per heavy atom. The number of aromatic nitrogens is 2. The van der Waals surface area contributed by atoms with Crippen molar-refractivity contribution in [2.75, 3.05) is 15.2 Å². The highest BCUT2D eigenvalue weighted by atomic mass is 35.5. The number of nitrogen functional groups attached to an aromatic ring is 1. The first kappa shape index (κ1) is 64.0. The standard InChI is InChI=1S/C25H22ClF4N3O4S.C20H14ClF4N3O3S.C4H7NO.CH4/c1-13(2)32-22(34)9-15-5-7-20(27)18(8-15)24(35)23-21(10-16(26)12-31-23)33-38(36,37)17-6-4-14(3)19(11-17)25(28,29)30;1-10-2-4-13(8-15(10)20(23,24)25)32(30,31)28-17-6-11(21)9-27-18(17)19(29)14-7-12(26)3-5-16(14)22;1-4(2)5-3-6;/h4-8,10-13,33H,9H2,1-3H3,(H,32,34);2-9,28H,26H2,1H3;4H,1-2H3;1H4. The summed E-state index contributed by atoms with van der Waals surface area (Å²) in [7, 11) is -9.27. The summed E-state index contributed by atoms with van der Waals surface area (Å²) < 4.78 is 164. The molecule has 6 aromatic rings. The molecule has 77 heavy (non-hydrogen) atoms. The Morgan fingerprint density at radius 3 is 1.45 bits per heavy atom. The topological polar surface area (TPSA) is 237 Å². The molecule has 0 unspecified atom stereocenters. The zero-order chi connectivity index (χ0) is 57.2. The van der Waals surface area contributed by atoms with Crippen molar-refractivity contribution in [2.24, 2.45) is 4.99 Å². The maximum absolute atomic E-state index is 14.6. The van der Waals surface area contributed by atoms with Crippen LogP contribution in [0.4, 0.5) is 52.2 Å². The van der Waals surface area contributed by atoms with Crippen LogP contribution in [-0.4, -0.2) is 62.4 Å². The number of pyridine rings is 2. The molecule has 4 aromatic carbocycles. The highest BCUT2D eigenvalue weighted by Crippen LogP contribution is 2.36. The molecular weight excluding hydrogens is 1110 g/mol. The van der Waals surface area contributed by atoms with Gasteiger partial charge in [-0.2, -0.15) is 26.3 Å². The van der Waals surface area contributed by atoms with E-state index in [1.807, 2.05) is 23.3 Å². The first-order valence-corrected chi connectivity index (χ1v) is 25.4. The predicted molar refractivity (Wildman–Crippen MR) is 274 cm³/mol. The first-order chi connectivity index (χ1) is 35.1. The molecule has 0 aliphatic heterocycles. The molecule has 0 fully saturated rings. The van der Waals surface area contributed by atoms with Gasteiger partial charge in [0.1, 0.15) is 23.0 Å². The zero-order valence-electron chi connectivity index (χ0n) is 40.4. The monoisotopic (exact) mass is 1160 g/mol. The number of hydrogen-bond acceptors (Lipinski definition) is 12. The van der Waals surface area contributed by atoms with E-state index in [4.69, 9.17) is 28.9 Å². The first-order valence-electron chi connectivity index (χ1n) is 21.7. The molecule has 0 bridgehead atoms. The van der Waals surface area contributed by atoms with Crippen LogP contribution in [0, 0.1) is 25.5 Å². The van der Waals surface area contributed by atoms with Crippen molar-refractivity contribution in [1.29, 1.82) is 0 Å². The van der Waals surface area contributed by atoms with Gasteiger partial charge in [-0.05, 0) is 125 Å². The van der Waals surface area contributed by atoms with E-state index in [1.165, 1.54) is 32.1 Å². The van der Waals surface area contributed by atoms with Crippen LogP contribution in [0.1, 0.15) is 95.0 Å². The molecule has 0 radical (unpaired) electrons. The molecule has 0 spiro atoms. The summed E-state index contributed by atoms with van der Waals surface area (Å²) in [6, 6.07) is 13.5. The van der Waals surface area contributed by atoms with Crippen molar-refractivity contribution < 1.29 is 71.1 Å². The molecule has 2 aromatic heterocycles. The predicted octanol–water partition coefficient (Wildman–Crippen LogP) is 11.5. The Kier molecular flexibility index (Phi) is 21.7. The van der Waals surface area contributed by atoms with Crippen molar-refractivity contribution in [3.63, 3.8) is 0 Å². The average molecular weight is 1160 g/mol. The van der Waals surface area contributed by atoms with Crippen molar-refractivity contribution in [3.05, 3.63) is 169 Å². The van der Waals surface area contributed by atoms with E-state index in [9.17, 15) is 71.1 Å². The minimum Gasteiger partial charge on any atom is -0.399 e. The minimum atomic E-state index is -4.80. The van der Waals surface area contributed by atoms with Crippen LogP contribution in [0.5, 0.6) is 0 Å². The van der Waals surface area contributed by atoms with Crippen LogP contribution in [0.3, 0.4) is 0 Å². The lowest BCUT2D eigenvalue weighted by molar-refractivity contribution is -0.139. The summed E-state index contributed by atoms with van der Waals surface area (Å²) in [5.74, 6) is -4.30. The molecule has 0 saturated carbocycles. The number of sulfonamides is 2. The SMILES string of the molecule is C.CC(C)N=C=O.Cc1ccc(S(=O)(=O)Nc2cc(Cl)cnc2C(=O)c2cc(CC(=O)NC(C)C)ccc2F)cc1C(F)(F)F.Cc1ccc(S(=O)(=O)Nc2cc(Cl)cnc2C(=O)c2cc(N)ccc2F)cc1C(F)(F)F. The number of hydrogen-bond donors (Lipinski definition) is 4. The normalized spacial score (nSPS) is 11.5. The number of rotatable bonds is 14. The van der Waals surface area contributed by atoms with E-state index in [2.05, 4.69) is 20.3 Å². The lowest BCUT2D eigenvalue weighted by atomic mass is 10.0. The highest BCUT2D eigenvalue weighted by Gasteiger charge is 2.36. The maximum Gasteiger partial charge on any atom is 0.416 e. The third-order valence-electron chi connectivity index (χ3n) is 9.91. The van der Waals surface area contributed by atoms with Crippen molar-refractivity contribution >= 4 is 83.9 Å². The van der Waals surface area contributed by atoms with Gasteiger partial charge in [0, 0.05) is 24.1 Å². The van der Waals surface area contributed by atoms with Crippen LogP contribution in [0.15, 0.2) is 112 Å². The molecule has 0 atom stereocenters. The van der Waals surface area contributed by atoms with E-state index >= 15 is 0 Å². The third-order valence-corrected chi connectivity index (χ3v) is 13.1. The number of carbonyl (C=O) groups is 3. The number of nitrogens with two attached hydrogens (primary N) is 1. The fourth-order valence-electron chi connectivity index (χ4n) is 6.44. The van der Waals surface area contributed by atoms with Crippen LogP contribution < -0.4 is 20.5 Å². The number of nitrogens with zero attached hydrogens (tertiary/aromatic N) is 3. The van der Waals surface area contributed by atoms with Crippen LogP contribution in [0.2, 0.25) is 10.0 Å². The van der Waals surface area contributed by atoms with E-state index < -0.39 is 110 Å². The zero-order valence-corrected chi connectivity index (χ0v) is 43.5. The van der Waals surface area contributed by atoms with Crippen molar-refractivity contribution in [3.8, 4) is 0 Å². The van der Waals surface area contributed by atoms with Gasteiger partial charge in [-0.15, -0.1) is 0 Å². The van der Waals surface area contributed by atoms with Gasteiger partial charge in [0.2, 0.25) is 23.6 Å². The fourth-order valence-corrected chi connectivity index (χ4v) is 8.93. The molecule has 412 valence electrons. The smallest absolute Gasteiger partial charge is 0.399 e. The number of carbonyl (C=O) groups excluding carboxylic acids is 4. The van der Waals surface area contributed by atoms with Gasteiger partial charge in [0.25, 0.3) is 20.0 Å². The number of isocyanates is 1. The number of halogens is 10. The van der Waals surface area contributed by atoms with Gasteiger partial charge in [-0.3, -0.25) is 23.8 Å². The van der Waals surface area contributed by atoms with Crippen LogP contribution >= 0.6 is 23.2 Å². The van der Waals surface area contributed by atoms with Gasteiger partial charge >= 0.3 is 12.4 Å². The Morgan fingerprint density at radius 2 is 1.08 bits per heavy atom. The number of anilines is 3. The summed E-state index contributed by atoms with van der Waals surface area (Å²) in [4.78, 5) is 57.0. The van der Waals surface area contributed by atoms with Gasteiger partial charge in [0.05, 0.1) is 65.9 Å². The summed E-state index contributed by atoms with van der Waals surface area (Å²) >= 11 is 11.8. The van der Waals surface area contributed by atoms with E-state index in [-0.39, 0.29) is 58.7 Å². The van der Waals surface area contributed by atoms with Crippen molar-refractivity contribution in [1.82, 2.24) is 15.3 Å². The molecule has 0 aliphatic rings.